The highest BCUT2D eigenvalue weighted by Crippen LogP contribution is 2.27. The number of nitrogens with zero attached hydrogens (tertiary/aromatic N) is 2. The van der Waals surface area contributed by atoms with Crippen molar-refractivity contribution in [3.63, 3.8) is 0 Å². The van der Waals surface area contributed by atoms with Gasteiger partial charge in [-0.3, -0.25) is 14.2 Å². The van der Waals surface area contributed by atoms with Gasteiger partial charge in [0.25, 0.3) is 11.5 Å². The smallest absolute Gasteiger partial charge is 0.349 e. The van der Waals surface area contributed by atoms with Gasteiger partial charge in [-0.2, -0.15) is 0 Å². The van der Waals surface area contributed by atoms with E-state index in [1.165, 1.54) is 23.0 Å². The number of aryl methyl sites for hydroxylation is 1. The predicted molar refractivity (Wildman–Crippen MR) is 103 cm³/mol. The normalized spacial score (nSPS) is 10.9. The molecule has 26 heavy (non-hydrogen) atoms. The highest BCUT2D eigenvalue weighted by Gasteiger charge is 2.15. The van der Waals surface area contributed by atoms with Gasteiger partial charge in [0.2, 0.25) is 0 Å². The van der Waals surface area contributed by atoms with Crippen LogP contribution in [-0.4, -0.2) is 22.0 Å². The highest BCUT2D eigenvalue weighted by atomic mass is 79.9. The van der Waals surface area contributed by atoms with Crippen molar-refractivity contribution >= 4 is 48.7 Å². The zero-order valence-electron chi connectivity index (χ0n) is 13.6. The number of hydrogen-bond donors (Lipinski definition) is 1. The number of carbonyl (C=O) groups is 1. The van der Waals surface area contributed by atoms with Crippen LogP contribution in [0.15, 0.2) is 53.5 Å². The average molecular weight is 483 g/mol. The van der Waals surface area contributed by atoms with Gasteiger partial charge < -0.3 is 9.73 Å². The van der Waals surface area contributed by atoms with Crippen LogP contribution in [0.1, 0.15) is 16.1 Å². The number of halogens is 2. The Kier molecular flexibility index (Phi) is 5.38. The number of carbonyl (C=O) groups excluding carboxylic acids is 1. The van der Waals surface area contributed by atoms with E-state index in [9.17, 15) is 14.4 Å². The molecule has 1 aromatic carbocycles. The first-order valence-electron chi connectivity index (χ1n) is 7.59. The summed E-state index contributed by atoms with van der Waals surface area (Å²) in [7, 11) is 0. The molecule has 0 spiro atoms. The van der Waals surface area contributed by atoms with Crippen molar-refractivity contribution in [1.29, 1.82) is 0 Å². The third kappa shape index (κ3) is 3.94. The molecule has 0 aliphatic heterocycles. The lowest BCUT2D eigenvalue weighted by Gasteiger charge is -2.08. The van der Waals surface area contributed by atoms with E-state index in [2.05, 4.69) is 42.2 Å². The van der Waals surface area contributed by atoms with Crippen LogP contribution < -0.4 is 16.5 Å². The Hall–Kier alpha value is -2.26. The zero-order chi connectivity index (χ0) is 18.8. The lowest BCUT2D eigenvalue weighted by atomic mass is 10.2. The van der Waals surface area contributed by atoms with E-state index >= 15 is 0 Å². The van der Waals surface area contributed by atoms with E-state index in [1.54, 1.807) is 19.1 Å². The number of amides is 1. The second-order valence-corrected chi connectivity index (χ2v) is 7.34. The molecule has 1 amide bonds. The molecule has 3 aromatic rings. The van der Waals surface area contributed by atoms with Crippen LogP contribution in [0, 0.1) is 6.92 Å². The molecule has 3 rings (SSSR count). The molecule has 9 heteroatoms. The second kappa shape index (κ2) is 7.55. The summed E-state index contributed by atoms with van der Waals surface area (Å²) in [6.07, 6.45) is 1.42. The predicted octanol–water partition coefficient (Wildman–Crippen LogP) is 2.61. The van der Waals surface area contributed by atoms with Crippen molar-refractivity contribution in [2.24, 2.45) is 0 Å². The van der Waals surface area contributed by atoms with Gasteiger partial charge in [0.05, 0.1) is 10.8 Å². The maximum atomic E-state index is 12.3. The molecule has 134 valence electrons. The summed E-state index contributed by atoms with van der Waals surface area (Å²) in [6, 6.07) is 6.39. The Morgan fingerprint density at radius 2 is 2.00 bits per heavy atom. The Balaban J connectivity index is 1.78. The molecule has 0 unspecified atom stereocenters. The van der Waals surface area contributed by atoms with Crippen molar-refractivity contribution in [1.82, 2.24) is 14.9 Å². The van der Waals surface area contributed by atoms with E-state index in [0.29, 0.717) is 21.1 Å². The minimum Gasteiger partial charge on any atom is -0.421 e. The molecule has 0 saturated heterocycles. The Morgan fingerprint density at radius 3 is 2.73 bits per heavy atom. The first-order valence-corrected chi connectivity index (χ1v) is 9.18. The minimum atomic E-state index is -0.729. The van der Waals surface area contributed by atoms with E-state index < -0.39 is 11.5 Å². The molecule has 0 aliphatic rings. The van der Waals surface area contributed by atoms with Gasteiger partial charge in [-0.05, 0) is 41.1 Å². The number of hydrogen-bond acceptors (Lipinski definition) is 5. The number of fused-ring (bicyclic) bond motifs is 1. The lowest BCUT2D eigenvalue weighted by molar-refractivity contribution is 0.0948. The van der Waals surface area contributed by atoms with Crippen molar-refractivity contribution in [2.75, 3.05) is 6.54 Å². The topological polar surface area (TPSA) is 94.2 Å². The first kappa shape index (κ1) is 18.5. The molecule has 2 aromatic heterocycles. The van der Waals surface area contributed by atoms with E-state index in [4.69, 9.17) is 4.42 Å². The van der Waals surface area contributed by atoms with Crippen LogP contribution in [0.3, 0.4) is 0 Å². The van der Waals surface area contributed by atoms with E-state index in [1.807, 2.05) is 0 Å². The van der Waals surface area contributed by atoms with Crippen LogP contribution >= 0.6 is 31.9 Å². The second-order valence-electron chi connectivity index (χ2n) is 5.57. The summed E-state index contributed by atoms with van der Waals surface area (Å²) >= 11 is 6.68. The van der Waals surface area contributed by atoms with Crippen molar-refractivity contribution in [3.05, 3.63) is 71.6 Å². The highest BCUT2D eigenvalue weighted by molar-refractivity contribution is 9.11. The monoisotopic (exact) mass is 481 g/mol. The Labute approximate surface area is 164 Å². The van der Waals surface area contributed by atoms with Crippen LogP contribution in [0.25, 0.3) is 11.0 Å². The number of aromatic nitrogens is 2. The first-order chi connectivity index (χ1) is 12.3. The number of nitrogens with one attached hydrogen (secondary N) is 1. The average Bonchev–Trinajstić information content (AvgIpc) is 2.57. The van der Waals surface area contributed by atoms with E-state index in [0.717, 1.165) is 4.47 Å². The maximum Gasteiger partial charge on any atom is 0.349 e. The van der Waals surface area contributed by atoms with E-state index in [-0.39, 0.29) is 24.2 Å². The SMILES string of the molecule is Cc1cc(=O)n(CCNC(=O)c2cc3cc(Br)cc(Br)c3oc2=O)cn1. The standard InChI is InChI=1S/C17H13Br2N3O4/c1-9-4-14(23)22(8-21-9)3-2-20-16(24)12-6-10-5-11(18)7-13(19)15(10)26-17(12)25/h4-8H,2-3H2,1H3,(H,20,24). The number of rotatable bonds is 4. The molecule has 0 aliphatic carbocycles. The summed E-state index contributed by atoms with van der Waals surface area (Å²) in [5, 5.41) is 3.22. The van der Waals surface area contributed by atoms with Gasteiger partial charge in [-0.15, -0.1) is 0 Å². The third-order valence-electron chi connectivity index (χ3n) is 3.65. The van der Waals surface area contributed by atoms with Gasteiger partial charge in [-0.1, -0.05) is 15.9 Å². The summed E-state index contributed by atoms with van der Waals surface area (Å²) in [5.74, 6) is -0.565. The summed E-state index contributed by atoms with van der Waals surface area (Å²) in [5.41, 5.74) is -0.0378. The fourth-order valence-electron chi connectivity index (χ4n) is 2.39. The largest absolute Gasteiger partial charge is 0.421 e. The van der Waals surface area contributed by atoms with Crippen molar-refractivity contribution < 1.29 is 9.21 Å². The van der Waals surface area contributed by atoms with Gasteiger partial charge in [-0.25, -0.2) is 9.78 Å². The molecule has 7 nitrogen and oxygen atoms in total. The fourth-order valence-corrected chi connectivity index (χ4v) is 3.72. The molecule has 0 atom stereocenters. The molecule has 0 radical (unpaired) electrons. The summed E-state index contributed by atoms with van der Waals surface area (Å²) in [6.45, 7) is 2.14. The van der Waals surface area contributed by atoms with Gasteiger partial charge in [0.15, 0.2) is 5.58 Å². The van der Waals surface area contributed by atoms with Gasteiger partial charge in [0.1, 0.15) is 5.56 Å². The molecular formula is C17H13Br2N3O4. The van der Waals surface area contributed by atoms with Crippen LogP contribution in [0.5, 0.6) is 0 Å². The van der Waals surface area contributed by atoms with Crippen LogP contribution in [-0.2, 0) is 6.54 Å². The molecule has 1 N–H and O–H groups in total. The van der Waals surface area contributed by atoms with Gasteiger partial charge >= 0.3 is 5.63 Å². The molecule has 0 saturated carbocycles. The molecule has 0 fully saturated rings. The third-order valence-corrected chi connectivity index (χ3v) is 4.70. The minimum absolute atomic E-state index is 0.100. The zero-order valence-corrected chi connectivity index (χ0v) is 16.8. The Morgan fingerprint density at radius 1 is 1.23 bits per heavy atom. The van der Waals surface area contributed by atoms with Gasteiger partial charge in [0, 0.05) is 34.7 Å². The van der Waals surface area contributed by atoms with Crippen molar-refractivity contribution in [3.8, 4) is 0 Å². The lowest BCUT2D eigenvalue weighted by Crippen LogP contribution is -2.33. The molecule has 2 heterocycles. The van der Waals surface area contributed by atoms with Crippen LogP contribution in [0.2, 0.25) is 0 Å². The van der Waals surface area contributed by atoms with Crippen LogP contribution in [0.4, 0.5) is 0 Å². The Bertz CT molecular complexity index is 1120. The molecule has 0 bridgehead atoms. The molecular weight excluding hydrogens is 470 g/mol. The summed E-state index contributed by atoms with van der Waals surface area (Å²) < 4.78 is 8.02. The maximum absolute atomic E-state index is 12.3. The quantitative estimate of drug-likeness (QED) is 0.577. The number of benzene rings is 1. The fraction of sp³-hybridized carbons (Fsp3) is 0.176. The van der Waals surface area contributed by atoms with Crippen molar-refractivity contribution in [2.45, 2.75) is 13.5 Å². The summed E-state index contributed by atoms with van der Waals surface area (Å²) in [4.78, 5) is 40.2.